The molecule has 2 saturated heterocycles. The number of carbonyl (C=O) groups is 2. The van der Waals surface area contributed by atoms with Crippen molar-refractivity contribution in [3.8, 4) is 0 Å². The molecule has 0 spiro atoms. The van der Waals surface area contributed by atoms with Crippen LogP contribution in [0.1, 0.15) is 54.2 Å². The number of amides is 2. The van der Waals surface area contributed by atoms with Crippen LogP contribution in [-0.4, -0.2) is 76.3 Å². The molecular weight excluding hydrogens is 318 g/mol. The Hall–Kier alpha value is -2.02. The number of hydrogen-bond acceptors (Lipinski definition) is 5. The van der Waals surface area contributed by atoms with E-state index in [2.05, 4.69) is 21.9 Å². The number of aromatic nitrogens is 2. The quantitative estimate of drug-likeness (QED) is 0.807. The summed E-state index contributed by atoms with van der Waals surface area (Å²) in [6, 6.07) is 1.97. The van der Waals surface area contributed by atoms with E-state index in [1.807, 2.05) is 11.8 Å². The summed E-state index contributed by atoms with van der Waals surface area (Å²) in [5.74, 6) is 0.764. The lowest BCUT2D eigenvalue weighted by Gasteiger charge is -2.22. The highest BCUT2D eigenvalue weighted by Crippen LogP contribution is 2.28. The van der Waals surface area contributed by atoms with E-state index in [1.165, 1.54) is 0 Å². The molecule has 0 unspecified atom stereocenters. The molecule has 2 fully saturated rings. The SMILES string of the molecule is CC(=O)N1CCCN(C(=O)c2cc(C)nc([C@@H]3CCCN3C)n2)CC1. The molecule has 25 heavy (non-hydrogen) atoms. The zero-order chi connectivity index (χ0) is 18.0. The van der Waals surface area contributed by atoms with Gasteiger partial charge in [0.25, 0.3) is 5.91 Å². The maximum atomic E-state index is 12.9. The summed E-state index contributed by atoms with van der Waals surface area (Å²) in [7, 11) is 2.08. The standard InChI is InChI=1S/C18H27N5O2/c1-13-12-15(20-17(19-13)16-6-4-7-21(16)3)18(25)23-9-5-8-22(10-11-23)14(2)24/h12,16H,4-11H2,1-3H3/t16-/m0/s1. The van der Waals surface area contributed by atoms with Crippen molar-refractivity contribution in [2.45, 2.75) is 39.2 Å². The van der Waals surface area contributed by atoms with E-state index in [1.54, 1.807) is 17.9 Å². The Bertz CT molecular complexity index is 663. The van der Waals surface area contributed by atoms with Crippen LogP contribution in [0.25, 0.3) is 0 Å². The van der Waals surface area contributed by atoms with Crippen molar-refractivity contribution in [2.24, 2.45) is 0 Å². The van der Waals surface area contributed by atoms with Crippen LogP contribution < -0.4 is 0 Å². The first-order valence-electron chi connectivity index (χ1n) is 9.06. The van der Waals surface area contributed by atoms with E-state index in [0.717, 1.165) is 37.3 Å². The molecule has 0 aromatic carbocycles. The predicted molar refractivity (Wildman–Crippen MR) is 94.1 cm³/mol. The Balaban J connectivity index is 1.77. The maximum Gasteiger partial charge on any atom is 0.272 e. The van der Waals surface area contributed by atoms with Gasteiger partial charge in [-0.2, -0.15) is 0 Å². The summed E-state index contributed by atoms with van der Waals surface area (Å²) in [6.45, 7) is 7.04. The second-order valence-electron chi connectivity index (χ2n) is 7.04. The summed E-state index contributed by atoms with van der Waals surface area (Å²) in [5.41, 5.74) is 1.30. The van der Waals surface area contributed by atoms with Crippen molar-refractivity contribution in [3.63, 3.8) is 0 Å². The van der Waals surface area contributed by atoms with Crippen LogP contribution in [0.4, 0.5) is 0 Å². The van der Waals surface area contributed by atoms with Crippen LogP contribution in [0.5, 0.6) is 0 Å². The number of rotatable bonds is 2. The summed E-state index contributed by atoms with van der Waals surface area (Å²) >= 11 is 0. The summed E-state index contributed by atoms with van der Waals surface area (Å²) < 4.78 is 0. The summed E-state index contributed by atoms with van der Waals surface area (Å²) in [5, 5.41) is 0. The first kappa shape index (κ1) is 17.8. The molecule has 2 aliphatic rings. The zero-order valence-electron chi connectivity index (χ0n) is 15.4. The highest BCUT2D eigenvalue weighted by atomic mass is 16.2. The number of aryl methyl sites for hydroxylation is 1. The zero-order valence-corrected chi connectivity index (χ0v) is 15.4. The Morgan fingerprint density at radius 1 is 1.04 bits per heavy atom. The maximum absolute atomic E-state index is 12.9. The second-order valence-corrected chi connectivity index (χ2v) is 7.04. The molecule has 1 aromatic rings. The molecule has 2 aliphatic heterocycles. The number of nitrogens with zero attached hydrogens (tertiary/aromatic N) is 5. The number of likely N-dealkylation sites (tertiary alicyclic amines) is 1. The van der Waals surface area contributed by atoms with Gasteiger partial charge in [-0.25, -0.2) is 9.97 Å². The second kappa shape index (κ2) is 7.47. The van der Waals surface area contributed by atoms with Gasteiger partial charge in [0.2, 0.25) is 5.91 Å². The third-order valence-corrected chi connectivity index (χ3v) is 5.14. The van der Waals surface area contributed by atoms with Crippen molar-refractivity contribution in [1.82, 2.24) is 24.7 Å². The molecular formula is C18H27N5O2. The van der Waals surface area contributed by atoms with Gasteiger partial charge in [-0.15, -0.1) is 0 Å². The minimum absolute atomic E-state index is 0.0576. The van der Waals surface area contributed by atoms with Crippen LogP contribution in [0.15, 0.2) is 6.07 Å². The Kier molecular flexibility index (Phi) is 5.32. The molecule has 7 nitrogen and oxygen atoms in total. The van der Waals surface area contributed by atoms with E-state index in [0.29, 0.717) is 31.9 Å². The molecule has 0 aliphatic carbocycles. The summed E-state index contributed by atoms with van der Waals surface area (Å²) in [4.78, 5) is 39.5. The van der Waals surface area contributed by atoms with Gasteiger partial charge in [-0.3, -0.25) is 14.5 Å². The molecule has 3 rings (SSSR count). The Morgan fingerprint density at radius 2 is 1.76 bits per heavy atom. The van der Waals surface area contributed by atoms with Gasteiger partial charge in [-0.05, 0) is 45.8 Å². The molecule has 0 bridgehead atoms. The predicted octanol–water partition coefficient (Wildman–Crippen LogP) is 1.25. The van der Waals surface area contributed by atoms with Crippen molar-refractivity contribution in [3.05, 3.63) is 23.3 Å². The van der Waals surface area contributed by atoms with E-state index in [9.17, 15) is 9.59 Å². The van der Waals surface area contributed by atoms with Gasteiger partial charge in [0.1, 0.15) is 11.5 Å². The van der Waals surface area contributed by atoms with Crippen molar-refractivity contribution < 1.29 is 9.59 Å². The fraction of sp³-hybridized carbons (Fsp3) is 0.667. The average molecular weight is 345 g/mol. The molecule has 0 N–H and O–H groups in total. The van der Waals surface area contributed by atoms with Crippen LogP contribution in [-0.2, 0) is 4.79 Å². The monoisotopic (exact) mass is 345 g/mol. The largest absolute Gasteiger partial charge is 0.341 e. The van der Waals surface area contributed by atoms with Gasteiger partial charge in [0.05, 0.1) is 6.04 Å². The fourth-order valence-electron chi connectivity index (χ4n) is 3.68. The highest BCUT2D eigenvalue weighted by molar-refractivity contribution is 5.92. The molecule has 0 radical (unpaired) electrons. The van der Waals surface area contributed by atoms with Gasteiger partial charge >= 0.3 is 0 Å². The van der Waals surface area contributed by atoms with Crippen LogP contribution in [0.2, 0.25) is 0 Å². The third-order valence-electron chi connectivity index (χ3n) is 5.14. The van der Waals surface area contributed by atoms with Crippen LogP contribution in [0.3, 0.4) is 0 Å². The molecule has 1 aromatic heterocycles. The van der Waals surface area contributed by atoms with E-state index >= 15 is 0 Å². The molecule has 2 amide bonds. The molecule has 1 atom stereocenters. The third kappa shape index (κ3) is 3.98. The minimum atomic E-state index is -0.0576. The fourth-order valence-corrected chi connectivity index (χ4v) is 3.68. The summed E-state index contributed by atoms with van der Waals surface area (Å²) in [6.07, 6.45) is 2.97. The molecule has 136 valence electrons. The van der Waals surface area contributed by atoms with Crippen LogP contribution in [0, 0.1) is 6.92 Å². The lowest BCUT2D eigenvalue weighted by atomic mass is 10.2. The number of carbonyl (C=O) groups excluding carboxylic acids is 2. The minimum Gasteiger partial charge on any atom is -0.341 e. The topological polar surface area (TPSA) is 69.6 Å². The van der Waals surface area contributed by atoms with E-state index in [4.69, 9.17) is 0 Å². The van der Waals surface area contributed by atoms with E-state index in [-0.39, 0.29) is 17.9 Å². The Labute approximate surface area is 149 Å². The van der Waals surface area contributed by atoms with Gasteiger partial charge < -0.3 is 9.80 Å². The lowest BCUT2D eigenvalue weighted by Crippen LogP contribution is -2.37. The van der Waals surface area contributed by atoms with Crippen molar-refractivity contribution in [1.29, 1.82) is 0 Å². The van der Waals surface area contributed by atoms with Gasteiger partial charge in [0, 0.05) is 38.8 Å². The normalized spacial score (nSPS) is 22.1. The van der Waals surface area contributed by atoms with Crippen molar-refractivity contribution in [2.75, 3.05) is 39.8 Å². The number of hydrogen-bond donors (Lipinski definition) is 0. The van der Waals surface area contributed by atoms with Gasteiger partial charge in [-0.1, -0.05) is 0 Å². The molecule has 0 saturated carbocycles. The molecule has 7 heteroatoms. The van der Waals surface area contributed by atoms with Gasteiger partial charge in [0.15, 0.2) is 0 Å². The van der Waals surface area contributed by atoms with Crippen LogP contribution >= 0.6 is 0 Å². The first-order valence-corrected chi connectivity index (χ1v) is 9.06. The van der Waals surface area contributed by atoms with Crippen molar-refractivity contribution >= 4 is 11.8 Å². The molecule has 3 heterocycles. The highest BCUT2D eigenvalue weighted by Gasteiger charge is 2.28. The first-order chi connectivity index (χ1) is 12.0. The smallest absolute Gasteiger partial charge is 0.272 e. The lowest BCUT2D eigenvalue weighted by molar-refractivity contribution is -0.128. The van der Waals surface area contributed by atoms with E-state index < -0.39 is 0 Å². The average Bonchev–Trinajstić information content (AvgIpc) is 2.85. The Morgan fingerprint density at radius 3 is 2.44 bits per heavy atom.